The average Bonchev–Trinajstić information content (AvgIpc) is 3.09. The third kappa shape index (κ3) is 5.90. The Balaban J connectivity index is 1.26. The molecule has 8 bridgehead atoms. The van der Waals surface area contributed by atoms with Crippen molar-refractivity contribution in [3.8, 4) is 34.5 Å². The van der Waals surface area contributed by atoms with Gasteiger partial charge in [0, 0.05) is 29.3 Å². The molecular weight excluding hydrogens is 725 g/mol. The number of benzene rings is 4. The van der Waals surface area contributed by atoms with Crippen molar-refractivity contribution in [1.29, 1.82) is 0 Å². The quantitative estimate of drug-likeness (QED) is 0.154. The molecule has 0 aromatic heterocycles. The van der Waals surface area contributed by atoms with Gasteiger partial charge in [0.25, 0.3) is 0 Å². The average molecular weight is 771 g/mol. The smallest absolute Gasteiger partial charge is 0.212 e. The molecule has 4 aromatic rings. The SMILES string of the molecule is Nc1cc(Oc2c(C34CC5CC(CC(C5)C3)C4)cc(C34CC5CC(CC(C5)C3)C4)c(Oc3ccc(Cl)c(N)c3)c2Oc2ccc(Cl)c(N)c2)ccc1Cl. The molecule has 276 valence electrons. The van der Waals surface area contributed by atoms with Crippen LogP contribution in [0.15, 0.2) is 60.7 Å². The van der Waals surface area contributed by atoms with Gasteiger partial charge in [0.2, 0.25) is 5.75 Å². The van der Waals surface area contributed by atoms with E-state index in [1.165, 1.54) is 49.7 Å². The minimum Gasteiger partial charge on any atom is -0.453 e. The zero-order chi connectivity index (χ0) is 36.2. The summed E-state index contributed by atoms with van der Waals surface area (Å²) in [4.78, 5) is 0. The van der Waals surface area contributed by atoms with Crippen molar-refractivity contribution in [2.75, 3.05) is 17.2 Å². The highest BCUT2D eigenvalue weighted by Crippen LogP contribution is 2.68. The van der Waals surface area contributed by atoms with Crippen molar-refractivity contribution in [2.45, 2.75) is 87.9 Å². The Morgan fingerprint density at radius 1 is 0.415 bits per heavy atom. The fourth-order valence-corrected chi connectivity index (χ4v) is 13.0. The molecular formula is C44H46Cl3N3O3. The van der Waals surface area contributed by atoms with E-state index in [0.717, 1.165) is 74.0 Å². The lowest BCUT2D eigenvalue weighted by molar-refractivity contribution is -0.00959. The number of hydrogen-bond acceptors (Lipinski definition) is 6. The Kier molecular flexibility index (Phi) is 8.06. The zero-order valence-electron chi connectivity index (χ0n) is 29.8. The van der Waals surface area contributed by atoms with E-state index in [0.29, 0.717) is 66.6 Å². The number of anilines is 3. The second-order valence-electron chi connectivity index (χ2n) is 17.7. The first-order chi connectivity index (χ1) is 25.5. The van der Waals surface area contributed by atoms with E-state index in [9.17, 15) is 0 Å². The van der Waals surface area contributed by atoms with Crippen LogP contribution in [0.2, 0.25) is 15.1 Å². The largest absolute Gasteiger partial charge is 0.453 e. The van der Waals surface area contributed by atoms with Crippen LogP contribution in [0.1, 0.15) is 88.2 Å². The van der Waals surface area contributed by atoms with Crippen molar-refractivity contribution >= 4 is 51.9 Å². The molecule has 9 heteroatoms. The van der Waals surface area contributed by atoms with Crippen LogP contribution in [-0.2, 0) is 10.8 Å². The maximum Gasteiger partial charge on any atom is 0.212 e. The van der Waals surface area contributed by atoms with Crippen molar-refractivity contribution < 1.29 is 14.2 Å². The maximum atomic E-state index is 7.14. The molecule has 8 saturated carbocycles. The first-order valence-corrected chi connectivity index (χ1v) is 20.6. The van der Waals surface area contributed by atoms with Gasteiger partial charge in [-0.25, -0.2) is 0 Å². The van der Waals surface area contributed by atoms with Gasteiger partial charge in [0.1, 0.15) is 17.2 Å². The first kappa shape index (κ1) is 34.1. The topological polar surface area (TPSA) is 106 Å². The lowest BCUT2D eigenvalue weighted by Crippen LogP contribution is -2.50. The van der Waals surface area contributed by atoms with E-state index in [-0.39, 0.29) is 10.8 Å². The number of nitrogen functional groups attached to an aromatic ring is 3. The summed E-state index contributed by atoms with van der Waals surface area (Å²) in [5.74, 6) is 7.89. The number of hydrogen-bond donors (Lipinski definition) is 3. The summed E-state index contributed by atoms with van der Waals surface area (Å²) < 4.78 is 21.4. The van der Waals surface area contributed by atoms with Gasteiger partial charge in [-0.15, -0.1) is 0 Å². The monoisotopic (exact) mass is 769 g/mol. The maximum absolute atomic E-state index is 7.14. The molecule has 8 fully saturated rings. The van der Waals surface area contributed by atoms with Gasteiger partial charge < -0.3 is 31.4 Å². The Morgan fingerprint density at radius 2 is 0.698 bits per heavy atom. The Morgan fingerprint density at radius 3 is 0.981 bits per heavy atom. The number of nitrogens with two attached hydrogens (primary N) is 3. The van der Waals surface area contributed by atoms with Crippen LogP contribution in [0.5, 0.6) is 34.5 Å². The van der Waals surface area contributed by atoms with Gasteiger partial charge in [0.05, 0.1) is 32.1 Å². The molecule has 0 saturated heterocycles. The minimum absolute atomic E-state index is 0.0422. The number of ether oxygens (including phenoxy) is 3. The van der Waals surface area contributed by atoms with Crippen LogP contribution in [0, 0.1) is 35.5 Å². The van der Waals surface area contributed by atoms with Crippen molar-refractivity contribution in [1.82, 2.24) is 0 Å². The number of halogens is 3. The summed E-state index contributed by atoms with van der Waals surface area (Å²) in [5, 5.41) is 1.43. The Labute approximate surface area is 326 Å². The molecule has 6 N–H and O–H groups in total. The predicted octanol–water partition coefficient (Wildman–Crippen LogP) is 12.7. The third-order valence-electron chi connectivity index (χ3n) is 14.0. The molecule has 0 spiro atoms. The summed E-state index contributed by atoms with van der Waals surface area (Å²) in [6.07, 6.45) is 14.9. The van der Waals surface area contributed by atoms with Gasteiger partial charge in [-0.05, 0) is 166 Å². The molecule has 0 unspecified atom stereocenters. The molecule has 0 amide bonds. The minimum atomic E-state index is -0.0422. The fraction of sp³-hybridized carbons (Fsp3) is 0.455. The highest BCUT2D eigenvalue weighted by molar-refractivity contribution is 6.33. The van der Waals surface area contributed by atoms with Crippen molar-refractivity contribution in [3.63, 3.8) is 0 Å². The molecule has 8 aliphatic rings. The molecule has 0 heterocycles. The van der Waals surface area contributed by atoms with E-state index < -0.39 is 0 Å². The Bertz CT molecular complexity index is 1940. The fourth-order valence-electron chi connectivity index (χ4n) is 12.7. The van der Waals surface area contributed by atoms with E-state index in [2.05, 4.69) is 6.07 Å². The number of rotatable bonds is 8. The standard InChI is InChI=1S/C44H46Cl3N3O3/c45-34-4-1-29(13-37(34)48)51-40-32(43-17-23-7-24(18-43)9-25(8-23)19-43)16-33(44-20-26-10-27(21-44)12-28(11-26)22-44)41(52-30-2-5-35(46)38(49)14-30)42(40)53-31-3-6-36(47)39(50)15-31/h1-6,13-16,23-28H,7-12,17-22,48-50H2. The van der Waals surface area contributed by atoms with E-state index >= 15 is 0 Å². The molecule has 12 rings (SSSR count). The first-order valence-electron chi connectivity index (χ1n) is 19.4. The van der Waals surface area contributed by atoms with Crippen LogP contribution in [0.25, 0.3) is 0 Å². The molecule has 6 nitrogen and oxygen atoms in total. The van der Waals surface area contributed by atoms with Gasteiger partial charge in [0.15, 0.2) is 11.5 Å². The molecule has 0 aliphatic heterocycles. The van der Waals surface area contributed by atoms with Crippen LogP contribution in [0.4, 0.5) is 17.1 Å². The van der Waals surface area contributed by atoms with Crippen LogP contribution >= 0.6 is 34.8 Å². The summed E-state index contributed by atoms with van der Waals surface area (Å²) >= 11 is 19.3. The second kappa shape index (κ2) is 12.5. The van der Waals surface area contributed by atoms with Gasteiger partial charge >= 0.3 is 0 Å². The van der Waals surface area contributed by atoms with Crippen molar-refractivity contribution in [3.05, 3.63) is 86.9 Å². The summed E-state index contributed by atoms with van der Waals surface area (Å²) in [5.41, 5.74) is 22.9. The van der Waals surface area contributed by atoms with Crippen molar-refractivity contribution in [2.24, 2.45) is 35.5 Å². The van der Waals surface area contributed by atoms with Gasteiger partial charge in [-0.1, -0.05) is 34.8 Å². The Hall–Kier alpha value is -3.45. The lowest BCUT2D eigenvalue weighted by Gasteiger charge is -2.59. The lowest BCUT2D eigenvalue weighted by atomic mass is 9.46. The van der Waals surface area contributed by atoms with E-state index in [1.807, 2.05) is 18.2 Å². The van der Waals surface area contributed by atoms with Gasteiger partial charge in [-0.3, -0.25) is 0 Å². The van der Waals surface area contributed by atoms with Crippen LogP contribution in [0.3, 0.4) is 0 Å². The van der Waals surface area contributed by atoms with E-state index in [1.54, 1.807) is 36.4 Å². The van der Waals surface area contributed by atoms with Gasteiger partial charge in [-0.2, -0.15) is 0 Å². The highest BCUT2D eigenvalue weighted by Gasteiger charge is 2.56. The molecule has 4 aromatic carbocycles. The zero-order valence-corrected chi connectivity index (χ0v) is 32.1. The predicted molar refractivity (Wildman–Crippen MR) is 214 cm³/mol. The second-order valence-corrected chi connectivity index (χ2v) is 18.9. The third-order valence-corrected chi connectivity index (χ3v) is 15.0. The van der Waals surface area contributed by atoms with Crippen LogP contribution < -0.4 is 31.4 Å². The summed E-state index contributed by atoms with van der Waals surface area (Å²) in [6, 6.07) is 18.8. The summed E-state index contributed by atoms with van der Waals surface area (Å²) in [6.45, 7) is 0. The molecule has 0 atom stereocenters. The normalized spacial score (nSPS) is 31.9. The molecule has 0 radical (unpaired) electrons. The highest BCUT2D eigenvalue weighted by atomic mass is 35.5. The molecule has 8 aliphatic carbocycles. The van der Waals surface area contributed by atoms with E-state index in [4.69, 9.17) is 66.2 Å². The van der Waals surface area contributed by atoms with Crippen LogP contribution in [-0.4, -0.2) is 0 Å². The summed E-state index contributed by atoms with van der Waals surface area (Å²) in [7, 11) is 0. The molecule has 53 heavy (non-hydrogen) atoms.